The minimum atomic E-state index is -0.176. The zero-order valence-electron chi connectivity index (χ0n) is 12.3. The number of rotatable bonds is 4. The molecule has 6 heteroatoms. The van der Waals surface area contributed by atoms with Crippen molar-refractivity contribution < 1.29 is 9.32 Å². The maximum absolute atomic E-state index is 12.3. The molecule has 1 amide bonds. The number of aryl methyl sites for hydroxylation is 3. The highest BCUT2D eigenvalue weighted by atomic mass is 32.1. The number of carbonyl (C=O) groups is 1. The Bertz CT molecular complexity index is 647. The summed E-state index contributed by atoms with van der Waals surface area (Å²) >= 11 is 1.73. The summed E-state index contributed by atoms with van der Waals surface area (Å²) in [5, 5.41) is 7.96. The topological polar surface area (TPSA) is 68.0 Å². The second kappa shape index (κ2) is 5.97. The van der Waals surface area contributed by atoms with Gasteiger partial charge in [-0.1, -0.05) is 12.1 Å². The molecule has 1 atom stereocenters. The largest absolute Gasteiger partial charge is 0.361 e. The molecule has 1 N–H and O–H groups in total. The van der Waals surface area contributed by atoms with Crippen LogP contribution in [0, 0.1) is 6.92 Å². The lowest BCUT2D eigenvalue weighted by Crippen LogP contribution is -2.31. The first kappa shape index (κ1) is 14.3. The number of thiazole rings is 1. The smallest absolute Gasteiger partial charge is 0.274 e. The monoisotopic (exact) mass is 305 g/mol. The third kappa shape index (κ3) is 3.00. The molecule has 0 bridgehead atoms. The second-order valence-electron chi connectivity index (χ2n) is 5.39. The molecule has 1 aliphatic carbocycles. The lowest BCUT2D eigenvalue weighted by atomic mass is 9.97. The van der Waals surface area contributed by atoms with Crippen LogP contribution in [0.4, 0.5) is 0 Å². The van der Waals surface area contributed by atoms with E-state index >= 15 is 0 Å². The van der Waals surface area contributed by atoms with Crippen LogP contribution in [0.25, 0.3) is 0 Å². The van der Waals surface area contributed by atoms with Gasteiger partial charge in [-0.05, 0) is 32.6 Å². The predicted molar refractivity (Wildman–Crippen MR) is 80.5 cm³/mol. The summed E-state index contributed by atoms with van der Waals surface area (Å²) in [4.78, 5) is 18.2. The number of nitrogens with one attached hydrogen (secondary N) is 1. The lowest BCUT2D eigenvalue weighted by molar-refractivity contribution is 0.0922. The van der Waals surface area contributed by atoms with Crippen LogP contribution in [0.5, 0.6) is 0 Å². The minimum Gasteiger partial charge on any atom is -0.361 e. The molecule has 0 saturated carbocycles. The van der Waals surface area contributed by atoms with Gasteiger partial charge in [0.25, 0.3) is 5.91 Å². The van der Waals surface area contributed by atoms with Crippen LogP contribution in [-0.2, 0) is 12.8 Å². The van der Waals surface area contributed by atoms with Gasteiger partial charge in [0.15, 0.2) is 5.69 Å². The number of hydrogen-bond acceptors (Lipinski definition) is 5. The number of hydrogen-bond donors (Lipinski definition) is 1. The number of nitrogens with zero attached hydrogens (tertiary/aromatic N) is 2. The number of aromatic nitrogens is 2. The van der Waals surface area contributed by atoms with E-state index in [9.17, 15) is 4.79 Å². The van der Waals surface area contributed by atoms with E-state index in [4.69, 9.17) is 4.52 Å². The number of amides is 1. The first-order chi connectivity index (χ1) is 10.2. The van der Waals surface area contributed by atoms with Crippen molar-refractivity contribution in [1.82, 2.24) is 15.5 Å². The first-order valence-electron chi connectivity index (χ1n) is 7.40. The van der Waals surface area contributed by atoms with Crippen LogP contribution in [0.15, 0.2) is 10.6 Å². The van der Waals surface area contributed by atoms with E-state index in [1.165, 1.54) is 4.88 Å². The molecule has 2 heterocycles. The van der Waals surface area contributed by atoms with Crippen molar-refractivity contribution in [2.45, 2.75) is 52.0 Å². The second-order valence-corrected chi connectivity index (χ2v) is 6.68. The van der Waals surface area contributed by atoms with E-state index in [0.29, 0.717) is 5.69 Å². The van der Waals surface area contributed by atoms with Gasteiger partial charge in [0.05, 0.1) is 16.7 Å². The van der Waals surface area contributed by atoms with Gasteiger partial charge in [-0.25, -0.2) is 4.98 Å². The minimum absolute atomic E-state index is 0.00229. The van der Waals surface area contributed by atoms with Gasteiger partial charge in [0, 0.05) is 17.4 Å². The summed E-state index contributed by atoms with van der Waals surface area (Å²) in [6, 6.07) is 1.73. The van der Waals surface area contributed by atoms with Gasteiger partial charge in [0.2, 0.25) is 0 Å². The van der Waals surface area contributed by atoms with Gasteiger partial charge >= 0.3 is 0 Å². The van der Waals surface area contributed by atoms with Gasteiger partial charge < -0.3 is 9.84 Å². The van der Waals surface area contributed by atoms with Gasteiger partial charge in [0.1, 0.15) is 5.76 Å². The summed E-state index contributed by atoms with van der Waals surface area (Å²) in [6.07, 6.45) is 4.86. The van der Waals surface area contributed by atoms with E-state index in [0.717, 1.165) is 48.6 Å². The van der Waals surface area contributed by atoms with Crippen LogP contribution in [-0.4, -0.2) is 16.0 Å². The summed E-state index contributed by atoms with van der Waals surface area (Å²) < 4.78 is 5.16. The summed E-state index contributed by atoms with van der Waals surface area (Å²) in [7, 11) is 0. The standard InChI is InChI=1S/C15H19N3O2S/c1-3-5-10-8-12(18-20-10)15(19)17-11-6-4-7-13-14(11)16-9(2)21-13/h8,11H,3-7H2,1-2H3,(H,17,19). The van der Waals surface area contributed by atoms with Crippen molar-refractivity contribution in [3.63, 3.8) is 0 Å². The van der Waals surface area contributed by atoms with Crippen LogP contribution < -0.4 is 5.32 Å². The Labute approximate surface area is 127 Å². The first-order valence-corrected chi connectivity index (χ1v) is 8.21. The normalized spacial score (nSPS) is 17.5. The molecule has 0 radical (unpaired) electrons. The van der Waals surface area contributed by atoms with E-state index in [2.05, 4.69) is 22.4 Å². The van der Waals surface area contributed by atoms with Crippen LogP contribution >= 0.6 is 11.3 Å². The molecule has 21 heavy (non-hydrogen) atoms. The lowest BCUT2D eigenvalue weighted by Gasteiger charge is -2.21. The summed E-state index contributed by atoms with van der Waals surface area (Å²) in [5.41, 5.74) is 1.40. The Morgan fingerprint density at radius 2 is 2.43 bits per heavy atom. The molecular formula is C15H19N3O2S. The molecule has 1 unspecified atom stereocenters. The summed E-state index contributed by atoms with van der Waals surface area (Å²) in [6.45, 7) is 4.08. The molecule has 2 aromatic heterocycles. The fourth-order valence-electron chi connectivity index (χ4n) is 2.70. The Kier molecular flexibility index (Phi) is 4.05. The van der Waals surface area contributed by atoms with Gasteiger partial charge in [-0.3, -0.25) is 4.79 Å². The highest BCUT2D eigenvalue weighted by molar-refractivity contribution is 7.11. The Hall–Kier alpha value is -1.69. The third-order valence-electron chi connectivity index (χ3n) is 3.65. The van der Waals surface area contributed by atoms with Crippen molar-refractivity contribution in [1.29, 1.82) is 0 Å². The molecule has 5 nitrogen and oxygen atoms in total. The van der Waals surface area contributed by atoms with Crippen molar-refractivity contribution in [3.05, 3.63) is 33.1 Å². The van der Waals surface area contributed by atoms with E-state index in [1.54, 1.807) is 17.4 Å². The van der Waals surface area contributed by atoms with Crippen molar-refractivity contribution in [2.24, 2.45) is 0 Å². The van der Waals surface area contributed by atoms with E-state index in [1.807, 2.05) is 6.92 Å². The molecule has 3 rings (SSSR count). The van der Waals surface area contributed by atoms with Crippen molar-refractivity contribution >= 4 is 17.2 Å². The molecule has 0 fully saturated rings. The van der Waals surface area contributed by atoms with Gasteiger partial charge in [-0.15, -0.1) is 11.3 Å². The Morgan fingerprint density at radius 1 is 1.57 bits per heavy atom. The third-order valence-corrected chi connectivity index (χ3v) is 4.70. The molecule has 0 aromatic carbocycles. The van der Waals surface area contributed by atoms with Gasteiger partial charge in [-0.2, -0.15) is 0 Å². The maximum atomic E-state index is 12.3. The van der Waals surface area contributed by atoms with Crippen molar-refractivity contribution in [3.8, 4) is 0 Å². The molecule has 1 aliphatic rings. The highest BCUT2D eigenvalue weighted by Gasteiger charge is 2.26. The Balaban J connectivity index is 1.72. The molecule has 112 valence electrons. The summed E-state index contributed by atoms with van der Waals surface area (Å²) in [5.74, 6) is 0.584. The van der Waals surface area contributed by atoms with Crippen LogP contribution in [0.1, 0.15) is 64.1 Å². The van der Waals surface area contributed by atoms with Crippen molar-refractivity contribution in [2.75, 3.05) is 0 Å². The molecular weight excluding hydrogens is 286 g/mol. The van der Waals surface area contributed by atoms with E-state index < -0.39 is 0 Å². The molecule has 2 aromatic rings. The number of fused-ring (bicyclic) bond motifs is 1. The average molecular weight is 305 g/mol. The molecule has 0 saturated heterocycles. The van der Waals surface area contributed by atoms with Crippen LogP contribution in [0.2, 0.25) is 0 Å². The fourth-order valence-corrected chi connectivity index (χ4v) is 3.74. The molecule has 0 spiro atoms. The van der Waals surface area contributed by atoms with Crippen LogP contribution in [0.3, 0.4) is 0 Å². The predicted octanol–water partition coefficient (Wildman–Crippen LogP) is 3.20. The highest BCUT2D eigenvalue weighted by Crippen LogP contribution is 2.33. The maximum Gasteiger partial charge on any atom is 0.274 e. The quantitative estimate of drug-likeness (QED) is 0.942. The average Bonchev–Trinajstić information content (AvgIpc) is 3.05. The Morgan fingerprint density at radius 3 is 3.24 bits per heavy atom. The van der Waals surface area contributed by atoms with E-state index in [-0.39, 0.29) is 11.9 Å². The zero-order valence-corrected chi connectivity index (χ0v) is 13.1. The fraction of sp³-hybridized carbons (Fsp3) is 0.533. The molecule has 0 aliphatic heterocycles. The zero-order chi connectivity index (χ0) is 14.8. The SMILES string of the molecule is CCCc1cc(C(=O)NC2CCCc3sc(C)nc32)no1. The number of carbonyl (C=O) groups excluding carboxylic acids is 1.